The van der Waals surface area contributed by atoms with E-state index in [1.807, 2.05) is 0 Å². The van der Waals surface area contributed by atoms with Crippen molar-refractivity contribution in [3.8, 4) is 0 Å². The number of rotatable bonds is 12. The van der Waals surface area contributed by atoms with Crippen molar-refractivity contribution in [2.24, 2.45) is 0 Å². The van der Waals surface area contributed by atoms with Crippen LogP contribution in [0.15, 0.2) is 23.8 Å². The van der Waals surface area contributed by atoms with Crippen LogP contribution in [0.3, 0.4) is 0 Å². The Bertz CT molecular complexity index is 421. The molecule has 1 rings (SSSR count). The Morgan fingerprint density at radius 2 is 1.91 bits per heavy atom. The Labute approximate surface area is 132 Å². The van der Waals surface area contributed by atoms with Gasteiger partial charge in [0.05, 0.1) is 12.2 Å². The summed E-state index contributed by atoms with van der Waals surface area (Å²) < 4.78 is 9.91. The lowest BCUT2D eigenvalue weighted by Gasteiger charge is -2.05. The van der Waals surface area contributed by atoms with Gasteiger partial charge in [-0.2, -0.15) is 0 Å². The first-order valence-electron chi connectivity index (χ1n) is 7.96. The van der Waals surface area contributed by atoms with Crippen LogP contribution in [0.5, 0.6) is 0 Å². The molecule has 124 valence electrons. The quantitative estimate of drug-likeness (QED) is 0.197. The van der Waals surface area contributed by atoms with Gasteiger partial charge in [0.15, 0.2) is 0 Å². The van der Waals surface area contributed by atoms with Crippen LogP contribution in [-0.2, 0) is 19.1 Å². The number of esters is 1. The Balaban J connectivity index is 2.34. The Morgan fingerprint density at radius 1 is 1.27 bits per heavy atom. The van der Waals surface area contributed by atoms with Crippen molar-refractivity contribution in [3.63, 3.8) is 0 Å². The normalized spacial score (nSPS) is 17.1. The maximum absolute atomic E-state index is 11.7. The molecule has 1 N–H and O–H groups in total. The largest absolute Gasteiger partial charge is 0.478 e. The molecule has 1 heterocycles. The molecule has 5 heteroatoms. The number of hydrogen-bond acceptors (Lipinski definition) is 4. The lowest BCUT2D eigenvalue weighted by molar-refractivity contribution is -0.139. The average Bonchev–Trinajstić information content (AvgIpc) is 3.30. The molecule has 1 saturated heterocycles. The molecule has 1 fully saturated rings. The molecule has 0 radical (unpaired) electrons. The number of unbranched alkanes of at least 4 members (excludes halogenated alkanes) is 5. The highest BCUT2D eigenvalue weighted by Gasteiger charge is 2.24. The van der Waals surface area contributed by atoms with Crippen molar-refractivity contribution < 1.29 is 24.2 Å². The van der Waals surface area contributed by atoms with E-state index < -0.39 is 11.9 Å². The molecule has 1 unspecified atom stereocenters. The number of epoxide rings is 1. The molecule has 1 aliphatic heterocycles. The molecule has 0 aromatic carbocycles. The smallest absolute Gasteiger partial charge is 0.337 e. The van der Waals surface area contributed by atoms with E-state index in [9.17, 15) is 14.7 Å². The predicted octanol–water partition coefficient (Wildman–Crippen LogP) is 3.25. The Hall–Kier alpha value is -1.62. The van der Waals surface area contributed by atoms with Gasteiger partial charge in [0.25, 0.3) is 0 Å². The zero-order valence-corrected chi connectivity index (χ0v) is 13.3. The number of carboxylic acids is 1. The fourth-order valence-electron chi connectivity index (χ4n) is 2.03. The second-order valence-electron chi connectivity index (χ2n) is 5.57. The van der Waals surface area contributed by atoms with Gasteiger partial charge in [-0.15, -0.1) is 0 Å². The fourth-order valence-corrected chi connectivity index (χ4v) is 2.03. The van der Waals surface area contributed by atoms with E-state index in [4.69, 9.17) is 9.47 Å². The van der Waals surface area contributed by atoms with Gasteiger partial charge in [0, 0.05) is 5.57 Å². The third-order valence-corrected chi connectivity index (χ3v) is 3.49. The van der Waals surface area contributed by atoms with E-state index in [1.54, 1.807) is 0 Å². The molecule has 0 saturated carbocycles. The third kappa shape index (κ3) is 7.98. The molecule has 0 bridgehead atoms. The summed E-state index contributed by atoms with van der Waals surface area (Å²) in [6, 6.07) is 0. The minimum Gasteiger partial charge on any atom is -0.478 e. The summed E-state index contributed by atoms with van der Waals surface area (Å²) in [6.45, 7) is 6.55. The van der Waals surface area contributed by atoms with E-state index in [0.29, 0.717) is 13.0 Å². The highest BCUT2D eigenvalue weighted by atomic mass is 16.6. The summed E-state index contributed by atoms with van der Waals surface area (Å²) in [5, 5.41) is 9.19. The topological polar surface area (TPSA) is 76.1 Å². The number of carbonyl (C=O) groups is 2. The van der Waals surface area contributed by atoms with Crippen molar-refractivity contribution in [2.75, 3.05) is 13.2 Å². The van der Waals surface area contributed by atoms with Gasteiger partial charge in [-0.25, -0.2) is 9.59 Å². The second-order valence-corrected chi connectivity index (χ2v) is 5.57. The molecule has 0 aromatic heterocycles. The molecule has 1 aliphatic rings. The minimum absolute atomic E-state index is 0.0113. The Kier molecular flexibility index (Phi) is 8.51. The van der Waals surface area contributed by atoms with Crippen molar-refractivity contribution in [3.05, 3.63) is 23.8 Å². The zero-order chi connectivity index (χ0) is 16.4. The summed E-state index contributed by atoms with van der Waals surface area (Å²) in [5.74, 6) is -1.59. The van der Waals surface area contributed by atoms with Crippen LogP contribution in [0.4, 0.5) is 0 Å². The number of carbonyl (C=O) groups excluding carboxylic acids is 1. The van der Waals surface area contributed by atoms with Gasteiger partial charge in [-0.1, -0.05) is 45.6 Å². The summed E-state index contributed by atoms with van der Waals surface area (Å²) in [5.41, 5.74) is 0.282. The molecule has 22 heavy (non-hydrogen) atoms. The lowest BCUT2D eigenvalue weighted by atomic mass is 10.0. The maximum Gasteiger partial charge on any atom is 0.337 e. The molecule has 0 aliphatic carbocycles. The van der Waals surface area contributed by atoms with Crippen LogP contribution >= 0.6 is 0 Å². The molecule has 0 spiro atoms. The first-order chi connectivity index (χ1) is 10.5. The molecule has 0 amide bonds. The number of aliphatic carboxylic acids is 1. The van der Waals surface area contributed by atoms with Crippen LogP contribution < -0.4 is 0 Å². The SMILES string of the molecule is C=C(C=C(CCCCCCCC)C(=O)O)C(=O)OCC1CO1. The predicted molar refractivity (Wildman–Crippen MR) is 83.6 cm³/mol. The summed E-state index contributed by atoms with van der Waals surface area (Å²) >= 11 is 0. The molecule has 1 atom stereocenters. The molecule has 5 nitrogen and oxygen atoms in total. The number of hydrogen-bond donors (Lipinski definition) is 1. The first kappa shape index (κ1) is 18.4. The first-order valence-corrected chi connectivity index (χ1v) is 7.96. The monoisotopic (exact) mass is 310 g/mol. The average molecular weight is 310 g/mol. The van der Waals surface area contributed by atoms with E-state index in [0.717, 1.165) is 19.3 Å². The van der Waals surface area contributed by atoms with Crippen LogP contribution in [0.25, 0.3) is 0 Å². The summed E-state index contributed by atoms with van der Waals surface area (Å²) in [7, 11) is 0. The van der Waals surface area contributed by atoms with Crippen LogP contribution in [0, 0.1) is 0 Å². The molecular weight excluding hydrogens is 284 g/mol. The van der Waals surface area contributed by atoms with Crippen molar-refractivity contribution in [2.45, 2.75) is 58.0 Å². The highest BCUT2D eigenvalue weighted by Crippen LogP contribution is 2.15. The highest BCUT2D eigenvalue weighted by molar-refractivity contribution is 5.95. The van der Waals surface area contributed by atoms with E-state index >= 15 is 0 Å². The van der Waals surface area contributed by atoms with Gasteiger partial charge in [-0.05, 0) is 18.9 Å². The maximum atomic E-state index is 11.7. The van der Waals surface area contributed by atoms with Gasteiger partial charge in [-0.3, -0.25) is 0 Å². The Morgan fingerprint density at radius 3 is 2.50 bits per heavy atom. The lowest BCUT2D eigenvalue weighted by Crippen LogP contribution is -2.12. The van der Waals surface area contributed by atoms with Gasteiger partial charge < -0.3 is 14.6 Å². The number of carboxylic acid groups (broad SMARTS) is 1. The second kappa shape index (κ2) is 10.2. The van der Waals surface area contributed by atoms with Gasteiger partial charge in [0.1, 0.15) is 12.7 Å². The van der Waals surface area contributed by atoms with Crippen LogP contribution in [0.2, 0.25) is 0 Å². The van der Waals surface area contributed by atoms with Crippen LogP contribution in [-0.4, -0.2) is 36.4 Å². The van der Waals surface area contributed by atoms with Crippen molar-refractivity contribution in [1.82, 2.24) is 0 Å². The summed E-state index contributed by atoms with van der Waals surface area (Å²) in [6.07, 6.45) is 8.27. The standard InChI is InChI=1S/C17H26O5/c1-3-4-5-6-7-8-9-14(16(18)19)10-13(2)17(20)22-12-15-11-21-15/h10,15H,2-9,11-12H2,1H3,(H,18,19). The van der Waals surface area contributed by atoms with Crippen molar-refractivity contribution >= 4 is 11.9 Å². The summed E-state index contributed by atoms with van der Waals surface area (Å²) in [4.78, 5) is 22.9. The molecule has 0 aromatic rings. The van der Waals surface area contributed by atoms with Crippen molar-refractivity contribution in [1.29, 1.82) is 0 Å². The minimum atomic E-state index is -1.01. The number of ether oxygens (including phenoxy) is 2. The van der Waals surface area contributed by atoms with E-state index in [2.05, 4.69) is 13.5 Å². The molecular formula is C17H26O5. The zero-order valence-electron chi connectivity index (χ0n) is 13.3. The fraction of sp³-hybridized carbons (Fsp3) is 0.647. The van der Waals surface area contributed by atoms with E-state index in [1.165, 1.54) is 25.3 Å². The van der Waals surface area contributed by atoms with E-state index in [-0.39, 0.29) is 23.9 Å². The van der Waals surface area contributed by atoms with Crippen LogP contribution in [0.1, 0.15) is 51.9 Å². The van der Waals surface area contributed by atoms with Gasteiger partial charge >= 0.3 is 11.9 Å². The van der Waals surface area contributed by atoms with Gasteiger partial charge in [0.2, 0.25) is 0 Å². The third-order valence-electron chi connectivity index (χ3n) is 3.49.